The lowest BCUT2D eigenvalue weighted by Gasteiger charge is -2.12. The molecule has 20 heavy (non-hydrogen) atoms. The van der Waals surface area contributed by atoms with Crippen LogP contribution < -0.4 is 10.5 Å². The van der Waals surface area contributed by atoms with E-state index >= 15 is 0 Å². The Bertz CT molecular complexity index is 604. The molecular weight excluding hydrogens is 300 g/mol. The van der Waals surface area contributed by atoms with E-state index in [4.69, 9.17) is 33.7 Å². The van der Waals surface area contributed by atoms with E-state index < -0.39 is 0 Å². The molecule has 0 aromatic heterocycles. The summed E-state index contributed by atoms with van der Waals surface area (Å²) < 4.78 is 19.3. The number of ether oxygens (including phenoxy) is 1. The molecular formula is C15H14Cl2FNO. The molecule has 0 aliphatic carbocycles. The van der Waals surface area contributed by atoms with Crippen LogP contribution in [0.15, 0.2) is 36.4 Å². The van der Waals surface area contributed by atoms with Crippen molar-refractivity contribution in [3.8, 4) is 5.75 Å². The summed E-state index contributed by atoms with van der Waals surface area (Å²) in [6, 6.07) is 9.81. The Balaban J connectivity index is 2.14. The van der Waals surface area contributed by atoms with Crippen molar-refractivity contribution >= 4 is 23.2 Å². The summed E-state index contributed by atoms with van der Waals surface area (Å²) in [7, 11) is 0. The fourth-order valence-electron chi connectivity index (χ4n) is 1.83. The summed E-state index contributed by atoms with van der Waals surface area (Å²) in [6.45, 7) is 0.619. The van der Waals surface area contributed by atoms with Crippen LogP contribution in [0.2, 0.25) is 10.0 Å². The second-order valence-corrected chi connectivity index (χ2v) is 5.19. The maximum absolute atomic E-state index is 13.7. The van der Waals surface area contributed by atoms with Gasteiger partial charge in [0, 0.05) is 15.6 Å². The van der Waals surface area contributed by atoms with Gasteiger partial charge in [-0.1, -0.05) is 29.3 Å². The predicted molar refractivity (Wildman–Crippen MR) is 80.0 cm³/mol. The standard InChI is InChI=1S/C15H14Cl2FNO/c16-12-3-4-15(10(7-12)5-6-19)20-9-11-1-2-13(17)8-14(11)18/h1-4,7-8H,5-6,9,19H2. The van der Waals surface area contributed by atoms with Gasteiger partial charge in [0.15, 0.2) is 0 Å². The molecule has 0 aliphatic heterocycles. The minimum Gasteiger partial charge on any atom is -0.489 e. The molecule has 5 heteroatoms. The summed E-state index contributed by atoms with van der Waals surface area (Å²) >= 11 is 11.6. The van der Waals surface area contributed by atoms with Crippen LogP contribution in [0.3, 0.4) is 0 Å². The van der Waals surface area contributed by atoms with Crippen LogP contribution in [-0.2, 0) is 13.0 Å². The third-order valence-electron chi connectivity index (χ3n) is 2.83. The third-order valence-corrected chi connectivity index (χ3v) is 3.30. The lowest BCUT2D eigenvalue weighted by atomic mass is 10.1. The smallest absolute Gasteiger partial charge is 0.131 e. The van der Waals surface area contributed by atoms with Crippen LogP contribution in [0.4, 0.5) is 4.39 Å². The van der Waals surface area contributed by atoms with Crippen molar-refractivity contribution < 1.29 is 9.13 Å². The van der Waals surface area contributed by atoms with Gasteiger partial charge < -0.3 is 10.5 Å². The van der Waals surface area contributed by atoms with Crippen LogP contribution in [0.5, 0.6) is 5.75 Å². The molecule has 2 aromatic rings. The minimum atomic E-state index is -0.383. The van der Waals surface area contributed by atoms with Crippen molar-refractivity contribution in [1.82, 2.24) is 0 Å². The van der Waals surface area contributed by atoms with Gasteiger partial charge in [0.25, 0.3) is 0 Å². The zero-order valence-corrected chi connectivity index (χ0v) is 12.2. The van der Waals surface area contributed by atoms with Gasteiger partial charge in [-0.05, 0) is 48.9 Å². The van der Waals surface area contributed by atoms with E-state index in [2.05, 4.69) is 0 Å². The van der Waals surface area contributed by atoms with E-state index in [0.717, 1.165) is 5.56 Å². The largest absolute Gasteiger partial charge is 0.489 e. The first-order valence-electron chi connectivity index (χ1n) is 6.15. The van der Waals surface area contributed by atoms with Crippen molar-refractivity contribution in [3.63, 3.8) is 0 Å². The van der Waals surface area contributed by atoms with Crippen LogP contribution >= 0.6 is 23.2 Å². The molecule has 2 aromatic carbocycles. The molecule has 2 rings (SSSR count). The van der Waals surface area contributed by atoms with Crippen LogP contribution in [0, 0.1) is 5.82 Å². The number of benzene rings is 2. The normalized spacial score (nSPS) is 10.6. The van der Waals surface area contributed by atoms with E-state index in [1.54, 1.807) is 24.3 Å². The highest BCUT2D eigenvalue weighted by Crippen LogP contribution is 2.25. The fraction of sp³-hybridized carbons (Fsp3) is 0.200. The van der Waals surface area contributed by atoms with Crippen LogP contribution in [0.25, 0.3) is 0 Å². The van der Waals surface area contributed by atoms with Gasteiger partial charge in [0.1, 0.15) is 18.2 Å². The van der Waals surface area contributed by atoms with E-state index in [1.807, 2.05) is 6.07 Å². The van der Waals surface area contributed by atoms with Gasteiger partial charge in [-0.15, -0.1) is 0 Å². The van der Waals surface area contributed by atoms with Gasteiger partial charge in [-0.2, -0.15) is 0 Å². The Morgan fingerprint density at radius 2 is 1.70 bits per heavy atom. The topological polar surface area (TPSA) is 35.2 Å². The molecule has 0 bridgehead atoms. The highest BCUT2D eigenvalue weighted by molar-refractivity contribution is 6.30. The Labute approximate surface area is 127 Å². The van der Waals surface area contributed by atoms with E-state index in [0.29, 0.717) is 34.3 Å². The molecule has 0 saturated carbocycles. The first-order chi connectivity index (χ1) is 9.60. The molecule has 0 heterocycles. The molecule has 0 atom stereocenters. The zero-order chi connectivity index (χ0) is 14.5. The number of halogens is 3. The molecule has 0 radical (unpaired) electrons. The van der Waals surface area contributed by atoms with Gasteiger partial charge in [-0.3, -0.25) is 0 Å². The summed E-state index contributed by atoms with van der Waals surface area (Å²) in [6.07, 6.45) is 0.652. The Kier molecular flexibility index (Phi) is 5.24. The Hall–Kier alpha value is -1.29. The zero-order valence-electron chi connectivity index (χ0n) is 10.7. The molecule has 0 aliphatic rings. The van der Waals surface area contributed by atoms with Crippen molar-refractivity contribution in [1.29, 1.82) is 0 Å². The van der Waals surface area contributed by atoms with Crippen molar-refractivity contribution in [2.75, 3.05) is 6.54 Å². The third kappa shape index (κ3) is 3.85. The second-order valence-electron chi connectivity index (χ2n) is 4.32. The van der Waals surface area contributed by atoms with Gasteiger partial charge in [0.05, 0.1) is 0 Å². The van der Waals surface area contributed by atoms with Gasteiger partial charge >= 0.3 is 0 Å². The molecule has 0 amide bonds. The lowest BCUT2D eigenvalue weighted by Crippen LogP contribution is -2.06. The second kappa shape index (κ2) is 6.93. The van der Waals surface area contributed by atoms with Crippen molar-refractivity contribution in [2.24, 2.45) is 5.73 Å². The van der Waals surface area contributed by atoms with Gasteiger partial charge in [0.2, 0.25) is 0 Å². The van der Waals surface area contributed by atoms with E-state index in [-0.39, 0.29) is 12.4 Å². The van der Waals surface area contributed by atoms with Crippen molar-refractivity contribution in [2.45, 2.75) is 13.0 Å². The average molecular weight is 314 g/mol. The molecule has 106 valence electrons. The van der Waals surface area contributed by atoms with Crippen molar-refractivity contribution in [3.05, 3.63) is 63.4 Å². The molecule has 2 nitrogen and oxygen atoms in total. The first-order valence-corrected chi connectivity index (χ1v) is 6.91. The molecule has 0 saturated heterocycles. The molecule has 0 unspecified atom stereocenters. The highest BCUT2D eigenvalue weighted by atomic mass is 35.5. The number of nitrogens with two attached hydrogens (primary N) is 1. The number of hydrogen-bond acceptors (Lipinski definition) is 2. The molecule has 0 fully saturated rings. The monoisotopic (exact) mass is 313 g/mol. The Morgan fingerprint density at radius 3 is 2.40 bits per heavy atom. The predicted octanol–water partition coefficient (Wildman–Crippen LogP) is 4.21. The Morgan fingerprint density at radius 1 is 1.00 bits per heavy atom. The van der Waals surface area contributed by atoms with Crippen LogP contribution in [0.1, 0.15) is 11.1 Å². The summed E-state index contributed by atoms with van der Waals surface area (Å²) in [5, 5.41) is 0.986. The van der Waals surface area contributed by atoms with E-state index in [1.165, 1.54) is 6.07 Å². The summed E-state index contributed by atoms with van der Waals surface area (Å²) in [5.41, 5.74) is 6.91. The highest BCUT2D eigenvalue weighted by Gasteiger charge is 2.07. The minimum absolute atomic E-state index is 0.127. The van der Waals surface area contributed by atoms with E-state index in [9.17, 15) is 4.39 Å². The van der Waals surface area contributed by atoms with Gasteiger partial charge in [-0.25, -0.2) is 4.39 Å². The fourth-order valence-corrected chi connectivity index (χ4v) is 2.19. The summed E-state index contributed by atoms with van der Waals surface area (Å²) in [4.78, 5) is 0. The SMILES string of the molecule is NCCc1cc(Cl)ccc1OCc1ccc(Cl)cc1F. The quantitative estimate of drug-likeness (QED) is 0.897. The average Bonchev–Trinajstić information content (AvgIpc) is 2.40. The lowest BCUT2D eigenvalue weighted by molar-refractivity contribution is 0.297. The first kappa shape index (κ1) is 15.1. The maximum Gasteiger partial charge on any atom is 0.131 e. The molecule has 2 N–H and O–H groups in total. The van der Waals surface area contributed by atoms with Crippen LogP contribution in [-0.4, -0.2) is 6.54 Å². The summed E-state index contributed by atoms with van der Waals surface area (Å²) in [5.74, 6) is 0.279. The molecule has 0 spiro atoms. The number of rotatable bonds is 5. The number of hydrogen-bond donors (Lipinski definition) is 1. The maximum atomic E-state index is 13.7.